The fourth-order valence-corrected chi connectivity index (χ4v) is 12.2. The van der Waals surface area contributed by atoms with Crippen LogP contribution in [0.15, 0.2) is 29.2 Å². The fraction of sp³-hybridized carbons (Fsp3) is 0.714. The van der Waals surface area contributed by atoms with Crippen molar-refractivity contribution >= 4 is 22.8 Å². The molecule has 0 aromatic heterocycles. The van der Waals surface area contributed by atoms with Gasteiger partial charge in [0, 0.05) is 17.3 Å². The first kappa shape index (κ1) is 20.8. The molecule has 0 spiro atoms. The molecule has 5 heteroatoms. The second-order valence-electron chi connectivity index (χ2n) is 13.0. The van der Waals surface area contributed by atoms with E-state index in [1.54, 1.807) is 0 Å². The Hall–Kier alpha value is -1.49. The van der Waals surface area contributed by atoms with Gasteiger partial charge in [-0.1, -0.05) is 32.9 Å². The van der Waals surface area contributed by atoms with Gasteiger partial charge in [-0.15, -0.1) is 0 Å². The molecular weight excluding hydrogens is 432 g/mol. The average molecular weight is 468 g/mol. The predicted molar refractivity (Wildman–Crippen MR) is 127 cm³/mol. The monoisotopic (exact) mass is 467 g/mol. The Labute approximate surface area is 199 Å². The standard InChI is InChI=1S/C28H35O4S/c1-27(2,3)18-4-6-19(7-5-18)33-21-11-20-24(33)23(31-25(20)29)22(21)32-26(30)28-12-15-8-16(13-28)10-17(9-15)14-28/h4-7,15-17,20-24H,8-14H2,1-3H3/q+1. The lowest BCUT2D eigenvalue weighted by atomic mass is 9.49. The molecule has 3 heterocycles. The lowest BCUT2D eigenvalue weighted by Crippen LogP contribution is -2.52. The van der Waals surface area contributed by atoms with Crippen molar-refractivity contribution in [1.82, 2.24) is 0 Å². The molecule has 8 rings (SSSR count). The highest BCUT2D eigenvalue weighted by Crippen LogP contribution is 2.61. The molecule has 1 aromatic rings. The van der Waals surface area contributed by atoms with Gasteiger partial charge >= 0.3 is 11.9 Å². The molecule has 0 amide bonds. The largest absolute Gasteiger partial charge is 0.452 e. The summed E-state index contributed by atoms with van der Waals surface area (Å²) >= 11 is 0. The van der Waals surface area contributed by atoms with Gasteiger partial charge in [0.1, 0.15) is 5.92 Å². The number of carbonyl (C=O) groups is 2. The predicted octanol–water partition coefficient (Wildman–Crippen LogP) is 4.79. The van der Waals surface area contributed by atoms with Crippen molar-refractivity contribution in [3.05, 3.63) is 29.8 Å². The molecule has 0 N–H and O–H groups in total. The molecule has 4 aliphatic carbocycles. The normalized spacial score (nSPS) is 46.6. The second-order valence-corrected chi connectivity index (χ2v) is 15.3. The molecule has 6 bridgehead atoms. The molecule has 4 nitrogen and oxygen atoms in total. The summed E-state index contributed by atoms with van der Waals surface area (Å²) in [7, 11) is -0.104. The maximum Gasteiger partial charge on any atom is 0.315 e. The molecule has 0 radical (unpaired) electrons. The Morgan fingerprint density at radius 1 is 1.00 bits per heavy atom. The van der Waals surface area contributed by atoms with Gasteiger partial charge in [-0.3, -0.25) is 9.59 Å². The van der Waals surface area contributed by atoms with E-state index in [-0.39, 0.29) is 62.3 Å². The Bertz CT molecular complexity index is 972. The SMILES string of the molecule is CC(C)(C)c1ccc([S+]2C3CC4C(=O)OC(C3OC(=O)C35CC6CC(CC(C6)C3)C5)C42)cc1. The number of ether oxygens (including phenoxy) is 2. The van der Waals surface area contributed by atoms with Gasteiger partial charge in [0.15, 0.2) is 27.6 Å². The van der Waals surface area contributed by atoms with Crippen LogP contribution in [-0.4, -0.2) is 34.6 Å². The molecule has 3 aliphatic heterocycles. The summed E-state index contributed by atoms with van der Waals surface area (Å²) in [6, 6.07) is 8.98. The van der Waals surface area contributed by atoms with Gasteiger partial charge < -0.3 is 9.47 Å². The van der Waals surface area contributed by atoms with E-state index in [1.165, 1.54) is 29.7 Å². The van der Waals surface area contributed by atoms with Crippen LogP contribution in [0, 0.1) is 29.1 Å². The zero-order chi connectivity index (χ0) is 22.7. The maximum atomic E-state index is 13.7. The summed E-state index contributed by atoms with van der Waals surface area (Å²) in [6.45, 7) is 6.70. The molecule has 7 aliphatic rings. The number of rotatable bonds is 3. The van der Waals surface area contributed by atoms with E-state index in [0.717, 1.165) is 25.7 Å². The minimum Gasteiger partial charge on any atom is -0.452 e. The highest BCUT2D eigenvalue weighted by molar-refractivity contribution is 7.98. The van der Waals surface area contributed by atoms with Gasteiger partial charge in [0.05, 0.1) is 5.41 Å². The van der Waals surface area contributed by atoms with Crippen LogP contribution < -0.4 is 0 Å². The molecule has 6 unspecified atom stereocenters. The molecule has 176 valence electrons. The number of benzene rings is 1. The Morgan fingerprint density at radius 2 is 1.61 bits per heavy atom. The lowest BCUT2D eigenvalue weighted by molar-refractivity contribution is -0.183. The highest BCUT2D eigenvalue weighted by atomic mass is 32.2. The lowest BCUT2D eigenvalue weighted by Gasteiger charge is -2.55. The maximum absolute atomic E-state index is 13.7. The Kier molecular flexibility index (Phi) is 4.30. The van der Waals surface area contributed by atoms with Gasteiger partial charge in [-0.2, -0.15) is 0 Å². The molecule has 6 atom stereocenters. The first-order chi connectivity index (χ1) is 15.7. The fourth-order valence-electron chi connectivity index (χ4n) is 8.70. The summed E-state index contributed by atoms with van der Waals surface area (Å²) in [6.07, 6.45) is 7.31. The summed E-state index contributed by atoms with van der Waals surface area (Å²) < 4.78 is 12.3. The quantitative estimate of drug-likeness (QED) is 0.474. The van der Waals surface area contributed by atoms with Crippen LogP contribution in [0.25, 0.3) is 0 Å². The molecule has 7 fully saturated rings. The summed E-state index contributed by atoms with van der Waals surface area (Å²) in [5.41, 5.74) is 1.18. The minimum absolute atomic E-state index is 0.0138. The van der Waals surface area contributed by atoms with Crippen molar-refractivity contribution in [2.24, 2.45) is 29.1 Å². The molecule has 33 heavy (non-hydrogen) atoms. The first-order valence-electron chi connectivity index (χ1n) is 13.0. The van der Waals surface area contributed by atoms with E-state index in [9.17, 15) is 9.59 Å². The van der Waals surface area contributed by atoms with Crippen LogP contribution in [0.1, 0.15) is 71.3 Å². The number of fused-ring (bicyclic) bond motifs is 1. The smallest absolute Gasteiger partial charge is 0.315 e. The number of esters is 2. The summed E-state index contributed by atoms with van der Waals surface area (Å²) in [5.74, 6) is 2.10. The van der Waals surface area contributed by atoms with Crippen molar-refractivity contribution in [2.45, 2.75) is 98.7 Å². The summed E-state index contributed by atoms with van der Waals surface area (Å²) in [5, 5.41) is 0.395. The van der Waals surface area contributed by atoms with Gasteiger partial charge in [-0.05, 0) is 79.4 Å². The first-order valence-corrected chi connectivity index (χ1v) is 14.3. The van der Waals surface area contributed by atoms with Crippen molar-refractivity contribution in [2.75, 3.05) is 0 Å². The van der Waals surface area contributed by atoms with E-state index in [1.807, 2.05) is 0 Å². The third-order valence-corrected chi connectivity index (χ3v) is 12.9. The Balaban J connectivity index is 1.16. The van der Waals surface area contributed by atoms with E-state index >= 15 is 0 Å². The van der Waals surface area contributed by atoms with Crippen LogP contribution in [0.2, 0.25) is 0 Å². The van der Waals surface area contributed by atoms with Crippen molar-refractivity contribution in [3.8, 4) is 0 Å². The highest BCUT2D eigenvalue weighted by Gasteiger charge is 2.76. The van der Waals surface area contributed by atoms with E-state index in [4.69, 9.17) is 9.47 Å². The van der Waals surface area contributed by atoms with Crippen LogP contribution in [0.3, 0.4) is 0 Å². The average Bonchev–Trinajstić information content (AvgIpc) is 3.33. The molecule has 3 saturated heterocycles. The van der Waals surface area contributed by atoms with Crippen LogP contribution in [-0.2, 0) is 35.4 Å². The zero-order valence-corrected chi connectivity index (χ0v) is 20.7. The second kappa shape index (κ2) is 6.80. The minimum atomic E-state index is -0.260. The van der Waals surface area contributed by atoms with Crippen molar-refractivity contribution in [3.63, 3.8) is 0 Å². The van der Waals surface area contributed by atoms with E-state index < -0.39 is 0 Å². The molecular formula is C28H35O4S+. The number of hydrogen-bond acceptors (Lipinski definition) is 4. The van der Waals surface area contributed by atoms with E-state index in [2.05, 4.69) is 45.0 Å². The van der Waals surface area contributed by atoms with Crippen LogP contribution >= 0.6 is 0 Å². The number of carbonyl (C=O) groups excluding carboxylic acids is 2. The van der Waals surface area contributed by atoms with Crippen LogP contribution in [0.4, 0.5) is 0 Å². The molecule has 4 saturated carbocycles. The van der Waals surface area contributed by atoms with Crippen molar-refractivity contribution < 1.29 is 19.1 Å². The van der Waals surface area contributed by atoms with Gasteiger partial charge in [0.25, 0.3) is 0 Å². The van der Waals surface area contributed by atoms with Crippen molar-refractivity contribution in [1.29, 1.82) is 0 Å². The Morgan fingerprint density at radius 3 is 2.18 bits per heavy atom. The molecule has 1 aromatic carbocycles. The third-order valence-electron chi connectivity index (χ3n) is 9.78. The zero-order valence-electron chi connectivity index (χ0n) is 19.9. The van der Waals surface area contributed by atoms with E-state index in [0.29, 0.717) is 17.8 Å². The van der Waals surface area contributed by atoms with Gasteiger partial charge in [0.2, 0.25) is 0 Å². The third kappa shape index (κ3) is 2.96. The summed E-state index contributed by atoms with van der Waals surface area (Å²) in [4.78, 5) is 27.7. The number of hydrogen-bond donors (Lipinski definition) is 0. The van der Waals surface area contributed by atoms with Crippen LogP contribution in [0.5, 0.6) is 0 Å². The topological polar surface area (TPSA) is 52.6 Å². The van der Waals surface area contributed by atoms with Gasteiger partial charge in [-0.25, -0.2) is 0 Å².